The third-order valence-corrected chi connectivity index (χ3v) is 4.02. The zero-order valence-electron chi connectivity index (χ0n) is 12.4. The molecule has 0 spiro atoms. The molecule has 2 rings (SSSR count). The van der Waals surface area contributed by atoms with Crippen molar-refractivity contribution in [1.29, 1.82) is 0 Å². The van der Waals surface area contributed by atoms with Crippen molar-refractivity contribution in [2.75, 3.05) is 6.61 Å². The minimum atomic E-state index is -4.71. The molecule has 2 heterocycles. The first-order valence-corrected chi connectivity index (χ1v) is 8.42. The van der Waals surface area contributed by atoms with Gasteiger partial charge in [0.2, 0.25) is 0 Å². The molecule has 0 bridgehead atoms. The number of hydrogen-bond donors (Lipinski definition) is 5. The molecule has 0 aliphatic carbocycles. The Kier molecular flexibility index (Phi) is 5.56. The van der Waals surface area contributed by atoms with Crippen molar-refractivity contribution in [3.63, 3.8) is 0 Å². The molecule has 0 aromatic carbocycles. The Hall–Kier alpha value is -1.59. The van der Waals surface area contributed by atoms with Gasteiger partial charge in [0.25, 0.3) is 5.56 Å². The van der Waals surface area contributed by atoms with Crippen molar-refractivity contribution in [3.8, 4) is 0 Å². The smallest absolute Gasteiger partial charge is 0.390 e. The summed E-state index contributed by atoms with van der Waals surface area (Å²) in [5.41, 5.74) is 4.36. The molecule has 1 unspecified atom stereocenters. The second-order valence-corrected chi connectivity index (χ2v) is 6.47. The van der Waals surface area contributed by atoms with Crippen LogP contribution >= 0.6 is 7.82 Å². The molecule has 1 aliphatic rings. The maximum atomic E-state index is 11.9. The van der Waals surface area contributed by atoms with Crippen LogP contribution < -0.4 is 17.0 Å². The maximum absolute atomic E-state index is 11.9. The summed E-state index contributed by atoms with van der Waals surface area (Å²) < 4.78 is 21.4. The van der Waals surface area contributed by atoms with E-state index in [9.17, 15) is 19.3 Å². The van der Waals surface area contributed by atoms with Crippen LogP contribution in [0, 0.1) is 0 Å². The minimum absolute atomic E-state index is 0.0378. The van der Waals surface area contributed by atoms with E-state index in [1.165, 1.54) is 12.3 Å². The van der Waals surface area contributed by atoms with Gasteiger partial charge in [-0.1, -0.05) is 6.08 Å². The number of rotatable bonds is 6. The lowest BCUT2D eigenvalue weighted by molar-refractivity contribution is -0.0451. The average Bonchev–Trinajstić information content (AvgIpc) is 2.84. The molecular formula is C12H18N3O8P. The van der Waals surface area contributed by atoms with Gasteiger partial charge in [0.1, 0.15) is 12.3 Å². The van der Waals surface area contributed by atoms with E-state index in [1.807, 2.05) is 0 Å². The summed E-state index contributed by atoms with van der Waals surface area (Å²) >= 11 is 0. The van der Waals surface area contributed by atoms with E-state index >= 15 is 0 Å². The molecular weight excluding hydrogens is 345 g/mol. The van der Waals surface area contributed by atoms with E-state index in [2.05, 4.69) is 16.1 Å². The number of nitrogens with one attached hydrogen (secondary N) is 1. The summed E-state index contributed by atoms with van der Waals surface area (Å²) in [7, 11) is -4.71. The highest BCUT2D eigenvalue weighted by Gasteiger charge is 2.37. The molecule has 1 saturated heterocycles. The highest BCUT2D eigenvalue weighted by Crippen LogP contribution is 2.38. The summed E-state index contributed by atoms with van der Waals surface area (Å²) in [6.07, 6.45) is -0.623. The van der Waals surface area contributed by atoms with Crippen molar-refractivity contribution in [1.82, 2.24) is 9.55 Å². The van der Waals surface area contributed by atoms with Crippen LogP contribution in [0.25, 0.3) is 0 Å². The first-order valence-electron chi connectivity index (χ1n) is 6.89. The Labute approximate surface area is 135 Å². The Morgan fingerprint density at radius 2 is 2.25 bits per heavy atom. The van der Waals surface area contributed by atoms with E-state index < -0.39 is 50.2 Å². The van der Waals surface area contributed by atoms with Crippen LogP contribution in [0.5, 0.6) is 0 Å². The number of H-pyrrole nitrogens is 1. The van der Waals surface area contributed by atoms with Gasteiger partial charge in [-0.25, -0.2) is 9.36 Å². The number of hydrogen-bond acceptors (Lipinski definition) is 7. The van der Waals surface area contributed by atoms with Crippen LogP contribution in [0.2, 0.25) is 0 Å². The number of aliphatic hydroxyl groups is 1. The molecule has 11 nitrogen and oxygen atoms in total. The molecule has 1 fully saturated rings. The molecule has 12 heteroatoms. The fourth-order valence-electron chi connectivity index (χ4n) is 2.29. The normalized spacial score (nSPS) is 25.6. The minimum Gasteiger partial charge on any atom is -0.390 e. The standard InChI is InChI=1S/C12H18N3O8P/c1-2-7(13)6-4-15(12(18)14-11(6)17)10-3-8(16)9(23-10)5-22-24(19,20)21/h2,4,7-10,16H,1,3,5,13H2,(H,14,17,18)(H2,19,20,21)/t7?,8-,9+,10+/m0/s1. The van der Waals surface area contributed by atoms with E-state index in [0.717, 1.165) is 4.57 Å². The Balaban J connectivity index is 2.23. The molecule has 6 N–H and O–H groups in total. The fourth-order valence-corrected chi connectivity index (χ4v) is 2.63. The van der Waals surface area contributed by atoms with Gasteiger partial charge in [0, 0.05) is 12.6 Å². The van der Waals surface area contributed by atoms with Crippen molar-refractivity contribution >= 4 is 7.82 Å². The monoisotopic (exact) mass is 363 g/mol. The lowest BCUT2D eigenvalue weighted by atomic mass is 10.1. The molecule has 1 aromatic heterocycles. The first kappa shape index (κ1) is 18.7. The molecule has 1 aliphatic heterocycles. The van der Waals surface area contributed by atoms with Crippen LogP contribution in [0.4, 0.5) is 0 Å². The van der Waals surface area contributed by atoms with Gasteiger partial charge in [-0.05, 0) is 0 Å². The van der Waals surface area contributed by atoms with E-state index in [4.69, 9.17) is 20.3 Å². The van der Waals surface area contributed by atoms with Crippen molar-refractivity contribution in [3.05, 3.63) is 45.3 Å². The second-order valence-electron chi connectivity index (χ2n) is 5.23. The Bertz CT molecular complexity index is 768. The summed E-state index contributed by atoms with van der Waals surface area (Å²) in [4.78, 5) is 43.2. The zero-order chi connectivity index (χ0) is 18.1. The summed E-state index contributed by atoms with van der Waals surface area (Å²) in [5.74, 6) is 0. The predicted octanol–water partition coefficient (Wildman–Crippen LogP) is -1.52. The van der Waals surface area contributed by atoms with Gasteiger partial charge in [0.05, 0.1) is 24.3 Å². The fraction of sp³-hybridized carbons (Fsp3) is 0.500. The third kappa shape index (κ3) is 4.28. The number of phosphoric acid groups is 1. The number of aliphatic hydroxyl groups excluding tert-OH is 1. The molecule has 1 aromatic rings. The van der Waals surface area contributed by atoms with Crippen LogP contribution in [0.15, 0.2) is 28.4 Å². The second kappa shape index (κ2) is 7.11. The lowest BCUT2D eigenvalue weighted by Gasteiger charge is -2.17. The topological polar surface area (TPSA) is 177 Å². The van der Waals surface area contributed by atoms with Crippen molar-refractivity contribution in [2.45, 2.75) is 30.9 Å². The number of nitrogens with two attached hydrogens (primary N) is 1. The van der Waals surface area contributed by atoms with Crippen LogP contribution in [0.3, 0.4) is 0 Å². The third-order valence-electron chi connectivity index (χ3n) is 3.53. The quantitative estimate of drug-likeness (QED) is 0.296. The molecule has 4 atom stereocenters. The molecule has 0 amide bonds. The Morgan fingerprint density at radius 3 is 2.83 bits per heavy atom. The molecule has 24 heavy (non-hydrogen) atoms. The van der Waals surface area contributed by atoms with Gasteiger partial charge >= 0.3 is 13.5 Å². The summed E-state index contributed by atoms with van der Waals surface area (Å²) in [6.45, 7) is 2.92. The molecule has 0 saturated carbocycles. The molecule has 134 valence electrons. The van der Waals surface area contributed by atoms with Gasteiger partial charge in [-0.2, -0.15) is 0 Å². The summed E-state index contributed by atoms with van der Waals surface area (Å²) in [5, 5.41) is 9.90. The number of nitrogens with zero attached hydrogens (tertiary/aromatic N) is 1. The van der Waals surface area contributed by atoms with Crippen LogP contribution in [-0.2, 0) is 13.8 Å². The number of aromatic amines is 1. The zero-order valence-corrected chi connectivity index (χ0v) is 13.3. The predicted molar refractivity (Wildman–Crippen MR) is 81.0 cm³/mol. The van der Waals surface area contributed by atoms with Gasteiger partial charge in [-0.3, -0.25) is 18.9 Å². The SMILES string of the molecule is C=CC(N)c1cn([C@H]2C[C@H](O)[C@@H](COP(=O)(O)O)O2)c(=O)[nH]c1=O. The van der Waals surface area contributed by atoms with Crippen LogP contribution in [-0.4, -0.2) is 43.3 Å². The van der Waals surface area contributed by atoms with E-state index in [0.29, 0.717) is 0 Å². The van der Waals surface area contributed by atoms with E-state index in [1.54, 1.807) is 0 Å². The maximum Gasteiger partial charge on any atom is 0.469 e. The largest absolute Gasteiger partial charge is 0.469 e. The highest BCUT2D eigenvalue weighted by atomic mass is 31.2. The molecule has 0 radical (unpaired) electrons. The number of phosphoric ester groups is 1. The number of ether oxygens (including phenoxy) is 1. The number of aromatic nitrogens is 2. The van der Waals surface area contributed by atoms with Crippen molar-refractivity contribution in [2.24, 2.45) is 5.73 Å². The highest BCUT2D eigenvalue weighted by molar-refractivity contribution is 7.46. The summed E-state index contributed by atoms with van der Waals surface area (Å²) in [6, 6.07) is -0.805. The lowest BCUT2D eigenvalue weighted by Crippen LogP contribution is -2.36. The van der Waals surface area contributed by atoms with Crippen LogP contribution in [0.1, 0.15) is 24.3 Å². The van der Waals surface area contributed by atoms with Gasteiger partial charge in [-0.15, -0.1) is 6.58 Å². The van der Waals surface area contributed by atoms with Crippen molar-refractivity contribution < 1.29 is 28.7 Å². The van der Waals surface area contributed by atoms with E-state index in [-0.39, 0.29) is 12.0 Å². The average molecular weight is 363 g/mol. The van der Waals surface area contributed by atoms with Gasteiger partial charge < -0.3 is 25.4 Å². The first-order chi connectivity index (χ1) is 11.1. The van der Waals surface area contributed by atoms with Gasteiger partial charge in [0.15, 0.2) is 0 Å². The Morgan fingerprint density at radius 1 is 1.58 bits per heavy atom.